The summed E-state index contributed by atoms with van der Waals surface area (Å²) in [5.74, 6) is 0.703. The van der Waals surface area contributed by atoms with Gasteiger partial charge < -0.3 is 5.73 Å². The number of benzene rings is 1. The van der Waals surface area contributed by atoms with Gasteiger partial charge in [-0.1, -0.05) is 18.2 Å². The van der Waals surface area contributed by atoms with Crippen LogP contribution in [0.25, 0.3) is 0 Å². The van der Waals surface area contributed by atoms with Crippen LogP contribution in [0.15, 0.2) is 24.3 Å². The van der Waals surface area contributed by atoms with Crippen molar-refractivity contribution in [3.05, 3.63) is 29.8 Å². The van der Waals surface area contributed by atoms with Crippen molar-refractivity contribution in [3.8, 4) is 0 Å². The molecule has 11 heavy (non-hydrogen) atoms. The molecule has 0 atom stereocenters. The van der Waals surface area contributed by atoms with E-state index in [1.165, 1.54) is 5.56 Å². The van der Waals surface area contributed by atoms with Gasteiger partial charge in [0.05, 0.1) is 0 Å². The highest BCUT2D eigenvalue weighted by atomic mass is 35.5. The monoisotopic (exact) mass is 169 g/mol. The molecule has 0 fully saturated rings. The Hall–Kier alpha value is -0.690. The maximum atomic E-state index is 5.72. The van der Waals surface area contributed by atoms with Gasteiger partial charge in [-0.3, -0.25) is 0 Å². The third kappa shape index (κ3) is 2.43. The van der Waals surface area contributed by atoms with E-state index in [4.69, 9.17) is 17.3 Å². The minimum absolute atomic E-state index is 0.703. The van der Waals surface area contributed by atoms with Gasteiger partial charge in [-0.2, -0.15) is 0 Å². The molecule has 0 saturated heterocycles. The lowest BCUT2D eigenvalue weighted by molar-refractivity contribution is 0.931. The molecule has 1 rings (SSSR count). The van der Waals surface area contributed by atoms with Crippen LogP contribution < -0.4 is 5.73 Å². The van der Waals surface area contributed by atoms with Gasteiger partial charge in [-0.25, -0.2) is 0 Å². The number of rotatable bonds is 3. The molecule has 0 radical (unpaired) electrons. The first kappa shape index (κ1) is 8.41. The summed E-state index contributed by atoms with van der Waals surface area (Å²) in [5, 5.41) is 0. The van der Waals surface area contributed by atoms with Gasteiger partial charge in [0.25, 0.3) is 0 Å². The van der Waals surface area contributed by atoms with Crippen LogP contribution in [-0.4, -0.2) is 5.88 Å². The van der Waals surface area contributed by atoms with Crippen LogP contribution in [-0.2, 0) is 6.42 Å². The fourth-order valence-electron chi connectivity index (χ4n) is 1.02. The van der Waals surface area contributed by atoms with E-state index in [9.17, 15) is 0 Å². The summed E-state index contributed by atoms with van der Waals surface area (Å²) >= 11 is 5.56. The number of anilines is 1. The number of aryl methyl sites for hydroxylation is 1. The molecule has 0 spiro atoms. The third-order valence-electron chi connectivity index (χ3n) is 1.63. The highest BCUT2D eigenvalue weighted by molar-refractivity contribution is 6.17. The number of hydrogen-bond acceptors (Lipinski definition) is 1. The van der Waals surface area contributed by atoms with Crippen LogP contribution in [0, 0.1) is 0 Å². The first-order chi connectivity index (χ1) is 5.34. The number of para-hydroxylation sites is 1. The Morgan fingerprint density at radius 1 is 1.27 bits per heavy atom. The number of nitrogens with two attached hydrogens (primary N) is 1. The molecule has 2 heteroatoms. The number of nitrogen functional groups attached to an aromatic ring is 1. The van der Waals surface area contributed by atoms with Gasteiger partial charge in [-0.15, -0.1) is 11.6 Å². The van der Waals surface area contributed by atoms with E-state index < -0.39 is 0 Å². The topological polar surface area (TPSA) is 26.0 Å². The molecular formula is C9H12ClN. The highest BCUT2D eigenvalue weighted by Crippen LogP contribution is 2.12. The molecule has 0 aliphatic carbocycles. The van der Waals surface area contributed by atoms with Gasteiger partial charge in [-0.05, 0) is 24.5 Å². The Kier molecular flexibility index (Phi) is 3.24. The highest BCUT2D eigenvalue weighted by Gasteiger charge is 1.95. The Labute approximate surface area is 72.2 Å². The standard InChI is InChI=1S/C9H12ClN/c10-7-3-5-8-4-1-2-6-9(8)11/h1-2,4,6H,3,5,7,11H2. The van der Waals surface area contributed by atoms with E-state index in [1.54, 1.807) is 0 Å². The van der Waals surface area contributed by atoms with Crippen molar-refractivity contribution in [1.82, 2.24) is 0 Å². The quantitative estimate of drug-likeness (QED) is 0.546. The number of alkyl halides is 1. The molecule has 0 aliphatic rings. The second-order valence-electron chi connectivity index (χ2n) is 2.49. The van der Waals surface area contributed by atoms with Crippen molar-refractivity contribution < 1.29 is 0 Å². The molecule has 0 aromatic heterocycles. The van der Waals surface area contributed by atoms with Crippen LogP contribution in [0.1, 0.15) is 12.0 Å². The van der Waals surface area contributed by atoms with E-state index in [0.717, 1.165) is 18.5 Å². The second kappa shape index (κ2) is 4.24. The Balaban J connectivity index is 2.62. The fraction of sp³-hybridized carbons (Fsp3) is 0.333. The van der Waals surface area contributed by atoms with Crippen LogP contribution >= 0.6 is 11.6 Å². The lowest BCUT2D eigenvalue weighted by Gasteiger charge is -2.02. The van der Waals surface area contributed by atoms with Gasteiger partial charge in [0.15, 0.2) is 0 Å². The van der Waals surface area contributed by atoms with Gasteiger partial charge >= 0.3 is 0 Å². The predicted octanol–water partition coefficient (Wildman–Crippen LogP) is 2.44. The van der Waals surface area contributed by atoms with Crippen molar-refractivity contribution in [2.45, 2.75) is 12.8 Å². The SMILES string of the molecule is Nc1ccccc1CCCCl. The van der Waals surface area contributed by atoms with E-state index in [2.05, 4.69) is 0 Å². The van der Waals surface area contributed by atoms with Crippen molar-refractivity contribution in [2.24, 2.45) is 0 Å². The summed E-state index contributed by atoms with van der Waals surface area (Å²) in [6.07, 6.45) is 1.98. The van der Waals surface area contributed by atoms with Gasteiger partial charge in [0.1, 0.15) is 0 Å². The van der Waals surface area contributed by atoms with E-state index >= 15 is 0 Å². The van der Waals surface area contributed by atoms with Crippen LogP contribution in [0.3, 0.4) is 0 Å². The summed E-state index contributed by atoms with van der Waals surface area (Å²) in [4.78, 5) is 0. The van der Waals surface area contributed by atoms with Crippen molar-refractivity contribution in [2.75, 3.05) is 11.6 Å². The largest absolute Gasteiger partial charge is 0.399 e. The maximum absolute atomic E-state index is 5.72. The predicted molar refractivity (Wildman–Crippen MR) is 49.9 cm³/mol. The zero-order valence-corrected chi connectivity index (χ0v) is 7.14. The van der Waals surface area contributed by atoms with E-state index in [0.29, 0.717) is 5.88 Å². The Morgan fingerprint density at radius 3 is 2.64 bits per heavy atom. The maximum Gasteiger partial charge on any atom is 0.0346 e. The molecule has 1 aromatic rings. The minimum atomic E-state index is 0.703. The Morgan fingerprint density at radius 2 is 2.00 bits per heavy atom. The molecule has 0 aliphatic heterocycles. The number of hydrogen-bond donors (Lipinski definition) is 1. The minimum Gasteiger partial charge on any atom is -0.399 e. The van der Waals surface area contributed by atoms with Gasteiger partial charge in [0, 0.05) is 11.6 Å². The third-order valence-corrected chi connectivity index (χ3v) is 1.90. The van der Waals surface area contributed by atoms with Crippen LogP contribution in [0.5, 0.6) is 0 Å². The Bertz CT molecular complexity index is 223. The molecule has 0 bridgehead atoms. The summed E-state index contributed by atoms with van der Waals surface area (Å²) < 4.78 is 0. The van der Waals surface area contributed by atoms with Crippen LogP contribution in [0.2, 0.25) is 0 Å². The van der Waals surface area contributed by atoms with Crippen molar-refractivity contribution in [1.29, 1.82) is 0 Å². The molecule has 1 nitrogen and oxygen atoms in total. The molecule has 0 saturated carbocycles. The van der Waals surface area contributed by atoms with Crippen molar-refractivity contribution >= 4 is 17.3 Å². The molecule has 0 amide bonds. The summed E-state index contributed by atoms with van der Waals surface area (Å²) in [6, 6.07) is 7.91. The summed E-state index contributed by atoms with van der Waals surface area (Å²) in [7, 11) is 0. The molecule has 2 N–H and O–H groups in total. The molecule has 0 unspecified atom stereocenters. The van der Waals surface area contributed by atoms with Crippen LogP contribution in [0.4, 0.5) is 5.69 Å². The normalized spacial score (nSPS) is 9.91. The molecular weight excluding hydrogens is 158 g/mol. The first-order valence-electron chi connectivity index (χ1n) is 3.74. The zero-order valence-electron chi connectivity index (χ0n) is 6.39. The summed E-state index contributed by atoms with van der Waals surface area (Å²) in [5.41, 5.74) is 7.79. The van der Waals surface area contributed by atoms with Gasteiger partial charge in [0.2, 0.25) is 0 Å². The van der Waals surface area contributed by atoms with E-state index in [-0.39, 0.29) is 0 Å². The molecule has 1 aromatic carbocycles. The van der Waals surface area contributed by atoms with E-state index in [1.807, 2.05) is 24.3 Å². The summed E-state index contributed by atoms with van der Waals surface area (Å²) in [6.45, 7) is 0. The van der Waals surface area contributed by atoms with Crippen molar-refractivity contribution in [3.63, 3.8) is 0 Å². The molecule has 0 heterocycles. The first-order valence-corrected chi connectivity index (χ1v) is 4.27. The zero-order chi connectivity index (χ0) is 8.10. The molecule has 60 valence electrons. The number of halogens is 1. The average molecular weight is 170 g/mol. The fourth-order valence-corrected chi connectivity index (χ4v) is 1.15. The smallest absolute Gasteiger partial charge is 0.0346 e. The second-order valence-corrected chi connectivity index (χ2v) is 2.87. The average Bonchev–Trinajstić information content (AvgIpc) is 2.03. The lowest BCUT2D eigenvalue weighted by atomic mass is 10.1. The lowest BCUT2D eigenvalue weighted by Crippen LogP contribution is -1.93.